The van der Waals surface area contributed by atoms with E-state index in [1.54, 1.807) is 0 Å². The van der Waals surface area contributed by atoms with Gasteiger partial charge < -0.3 is 14.5 Å². The Balaban J connectivity index is 1.07. The first-order chi connectivity index (χ1) is 24.9. The Morgan fingerprint density at radius 1 is 0.529 bits per heavy atom. The minimum Gasteiger partial charge on any atom is -0.457 e. The molecule has 248 valence electrons. The van der Waals surface area contributed by atoms with Crippen molar-refractivity contribution >= 4 is 44.6 Å². The van der Waals surface area contributed by atoms with Gasteiger partial charge >= 0.3 is 0 Å². The first-order valence-corrected chi connectivity index (χ1v) is 17.5. The summed E-state index contributed by atoms with van der Waals surface area (Å²) in [5.74, 6) is 2.43. The molecule has 0 bridgehead atoms. The summed E-state index contributed by atoms with van der Waals surface area (Å²) in [4.78, 5) is 9.48. The predicted molar refractivity (Wildman–Crippen MR) is 211 cm³/mol. The summed E-state index contributed by atoms with van der Waals surface area (Å²) in [6, 6.07) is 55.6. The zero-order valence-corrected chi connectivity index (χ0v) is 29.0. The second-order valence-corrected chi connectivity index (χ2v) is 14.2. The van der Waals surface area contributed by atoms with Crippen LogP contribution in [0.5, 0.6) is 11.5 Å². The zero-order chi connectivity index (χ0) is 34.5. The van der Waals surface area contributed by atoms with Crippen LogP contribution in [0.4, 0.5) is 22.7 Å². The fourth-order valence-electron chi connectivity index (χ4n) is 7.25. The molecule has 9 rings (SSSR count). The standard InChI is InChI=1S/C46H38N4O/c1-46(2,3)34-26-33(32-14-5-4-6-15-32)27-36(28-34)49-31-48(42-20-9-10-21-43(42)49)35-16-13-17-37(29-35)51-38-23-24-40-39-18-7-8-19-41(39)50(44(40)30-38)45-22-11-12-25-47-45/h4-30H,31H2,1-3H3. The third kappa shape index (κ3) is 5.57. The lowest BCUT2D eigenvalue weighted by molar-refractivity contribution is 0.483. The van der Waals surface area contributed by atoms with Gasteiger partial charge in [0.05, 0.1) is 22.4 Å². The topological polar surface area (TPSA) is 33.5 Å². The second kappa shape index (κ2) is 12.2. The SMILES string of the molecule is CC(C)(C)c1cc(-c2ccccc2)cc(N2CN(c3cccc(Oc4ccc5c6ccccc6n(-c6ccccn6)c5c4)c3)c3ccccc32)c1. The van der Waals surface area contributed by atoms with Crippen molar-refractivity contribution < 1.29 is 4.74 Å². The van der Waals surface area contributed by atoms with Crippen molar-refractivity contribution in [3.05, 3.63) is 169 Å². The first kappa shape index (κ1) is 30.7. The molecule has 0 amide bonds. The molecule has 0 unspecified atom stereocenters. The Bertz CT molecular complexity index is 2530. The van der Waals surface area contributed by atoms with Gasteiger partial charge in [-0.15, -0.1) is 0 Å². The van der Waals surface area contributed by atoms with Crippen LogP contribution in [0.1, 0.15) is 26.3 Å². The van der Waals surface area contributed by atoms with E-state index in [0.717, 1.165) is 39.4 Å². The van der Waals surface area contributed by atoms with Crippen LogP contribution in [-0.2, 0) is 5.41 Å². The summed E-state index contributed by atoms with van der Waals surface area (Å²) in [6.45, 7) is 7.53. The molecular weight excluding hydrogens is 625 g/mol. The van der Waals surface area contributed by atoms with E-state index < -0.39 is 0 Å². The Kier molecular flexibility index (Phi) is 7.36. The van der Waals surface area contributed by atoms with Crippen molar-refractivity contribution in [3.8, 4) is 28.4 Å². The molecule has 0 saturated heterocycles. The molecule has 2 aromatic heterocycles. The van der Waals surface area contributed by atoms with Gasteiger partial charge in [-0.25, -0.2) is 4.98 Å². The lowest BCUT2D eigenvalue weighted by Gasteiger charge is -2.26. The Hall–Kier alpha value is -6.33. The van der Waals surface area contributed by atoms with E-state index >= 15 is 0 Å². The van der Waals surface area contributed by atoms with Crippen molar-refractivity contribution in [2.45, 2.75) is 26.2 Å². The number of pyridine rings is 1. The van der Waals surface area contributed by atoms with Gasteiger partial charge in [0.1, 0.15) is 24.0 Å². The largest absolute Gasteiger partial charge is 0.457 e. The van der Waals surface area contributed by atoms with Crippen LogP contribution in [0.3, 0.4) is 0 Å². The quantitative estimate of drug-likeness (QED) is 0.177. The summed E-state index contributed by atoms with van der Waals surface area (Å²) >= 11 is 0. The number of nitrogens with zero attached hydrogens (tertiary/aromatic N) is 4. The van der Waals surface area contributed by atoms with Crippen LogP contribution in [0.2, 0.25) is 0 Å². The molecule has 6 aromatic carbocycles. The van der Waals surface area contributed by atoms with Crippen LogP contribution in [-0.4, -0.2) is 16.2 Å². The van der Waals surface area contributed by atoms with Crippen molar-refractivity contribution in [1.82, 2.24) is 9.55 Å². The van der Waals surface area contributed by atoms with E-state index in [1.165, 1.54) is 39.1 Å². The van der Waals surface area contributed by atoms with Gasteiger partial charge in [-0.1, -0.05) is 99.6 Å². The average Bonchev–Trinajstić information content (AvgIpc) is 3.71. The van der Waals surface area contributed by atoms with E-state index in [4.69, 9.17) is 4.74 Å². The monoisotopic (exact) mass is 662 g/mol. The van der Waals surface area contributed by atoms with Gasteiger partial charge in [0.25, 0.3) is 0 Å². The van der Waals surface area contributed by atoms with Crippen molar-refractivity contribution in [2.75, 3.05) is 16.5 Å². The number of fused-ring (bicyclic) bond motifs is 4. The highest BCUT2D eigenvalue weighted by molar-refractivity contribution is 6.09. The van der Waals surface area contributed by atoms with E-state index in [-0.39, 0.29) is 5.41 Å². The number of hydrogen-bond acceptors (Lipinski definition) is 4. The number of anilines is 4. The molecule has 5 heteroatoms. The minimum atomic E-state index is -0.000868. The Labute approximate surface area is 298 Å². The van der Waals surface area contributed by atoms with Crippen LogP contribution in [0.15, 0.2) is 164 Å². The molecular formula is C46H38N4O. The molecule has 0 fully saturated rings. The first-order valence-electron chi connectivity index (χ1n) is 17.5. The molecule has 0 atom stereocenters. The fourth-order valence-corrected chi connectivity index (χ4v) is 7.25. The van der Waals surface area contributed by atoms with Gasteiger partial charge in [-0.2, -0.15) is 0 Å². The molecule has 51 heavy (non-hydrogen) atoms. The molecule has 8 aromatic rings. The van der Waals surface area contributed by atoms with E-state index in [1.807, 2.05) is 30.5 Å². The van der Waals surface area contributed by atoms with Crippen LogP contribution in [0, 0.1) is 0 Å². The normalized spacial score (nSPS) is 12.8. The summed E-state index contributed by atoms with van der Waals surface area (Å²) < 4.78 is 8.83. The van der Waals surface area contributed by atoms with Crippen LogP contribution >= 0.6 is 0 Å². The van der Waals surface area contributed by atoms with Crippen molar-refractivity contribution in [3.63, 3.8) is 0 Å². The Morgan fingerprint density at radius 3 is 2.02 bits per heavy atom. The van der Waals surface area contributed by atoms with E-state index in [2.05, 4.69) is 174 Å². The third-order valence-corrected chi connectivity index (χ3v) is 9.84. The number of ether oxygens (including phenoxy) is 1. The van der Waals surface area contributed by atoms with Gasteiger partial charge in [0, 0.05) is 40.5 Å². The summed E-state index contributed by atoms with van der Waals surface area (Å²) in [6.07, 6.45) is 1.84. The lowest BCUT2D eigenvalue weighted by atomic mass is 9.85. The molecule has 0 aliphatic carbocycles. The zero-order valence-electron chi connectivity index (χ0n) is 29.0. The Morgan fingerprint density at radius 2 is 1.24 bits per heavy atom. The van der Waals surface area contributed by atoms with Gasteiger partial charge in [0.15, 0.2) is 0 Å². The summed E-state index contributed by atoms with van der Waals surface area (Å²) in [5, 5.41) is 2.35. The van der Waals surface area contributed by atoms with E-state index in [9.17, 15) is 0 Å². The third-order valence-electron chi connectivity index (χ3n) is 9.84. The number of rotatable bonds is 6. The van der Waals surface area contributed by atoms with Crippen molar-refractivity contribution in [2.24, 2.45) is 0 Å². The smallest absolute Gasteiger partial charge is 0.137 e. The number of hydrogen-bond donors (Lipinski definition) is 0. The summed E-state index contributed by atoms with van der Waals surface area (Å²) in [7, 11) is 0. The maximum absolute atomic E-state index is 6.62. The highest BCUT2D eigenvalue weighted by Crippen LogP contribution is 2.46. The molecule has 1 aliphatic heterocycles. The fraction of sp³-hybridized carbons (Fsp3) is 0.109. The molecule has 1 aliphatic rings. The molecule has 5 nitrogen and oxygen atoms in total. The molecule has 0 spiro atoms. The maximum atomic E-state index is 6.62. The highest BCUT2D eigenvalue weighted by atomic mass is 16.5. The summed E-state index contributed by atoms with van der Waals surface area (Å²) in [5.41, 5.74) is 10.5. The average molecular weight is 663 g/mol. The van der Waals surface area contributed by atoms with Gasteiger partial charge in [-0.05, 0) is 88.8 Å². The minimum absolute atomic E-state index is 0.000868. The van der Waals surface area contributed by atoms with Gasteiger partial charge in [-0.3, -0.25) is 4.57 Å². The second-order valence-electron chi connectivity index (χ2n) is 14.2. The number of benzene rings is 6. The van der Waals surface area contributed by atoms with Crippen molar-refractivity contribution in [1.29, 1.82) is 0 Å². The van der Waals surface area contributed by atoms with Crippen LogP contribution < -0.4 is 14.5 Å². The lowest BCUT2D eigenvalue weighted by Crippen LogP contribution is -2.24. The van der Waals surface area contributed by atoms with E-state index in [0.29, 0.717) is 6.67 Å². The molecule has 0 N–H and O–H groups in total. The number of para-hydroxylation sites is 3. The highest BCUT2D eigenvalue weighted by Gasteiger charge is 2.29. The predicted octanol–water partition coefficient (Wildman–Crippen LogP) is 12.2. The molecule has 0 saturated carbocycles. The number of aromatic nitrogens is 2. The molecule has 0 radical (unpaired) electrons. The van der Waals surface area contributed by atoms with Gasteiger partial charge in [0.2, 0.25) is 0 Å². The van der Waals surface area contributed by atoms with Crippen LogP contribution in [0.25, 0.3) is 38.8 Å². The maximum Gasteiger partial charge on any atom is 0.137 e. The molecule has 3 heterocycles.